The number of nitrogens with zero attached hydrogens (tertiary/aromatic N) is 2. The second-order valence-corrected chi connectivity index (χ2v) is 8.53. The van der Waals surface area contributed by atoms with Gasteiger partial charge in [-0.25, -0.2) is 4.98 Å². The molecule has 0 bridgehead atoms. The largest absolute Gasteiger partial charge is 0.493 e. The summed E-state index contributed by atoms with van der Waals surface area (Å²) in [5, 5.41) is 5.92. The van der Waals surface area contributed by atoms with Gasteiger partial charge in [0.2, 0.25) is 5.75 Å². The lowest BCUT2D eigenvalue weighted by molar-refractivity contribution is 0.298. The normalized spacial score (nSPS) is 11.2. The summed E-state index contributed by atoms with van der Waals surface area (Å²) in [5.74, 6) is 1.78. The fraction of sp³-hybridized carbons (Fsp3) is 0.393. The summed E-state index contributed by atoms with van der Waals surface area (Å²) in [5.41, 5.74) is 4.83. The Bertz CT molecular complexity index is 1260. The molecular weight excluding hydrogens is 476 g/mol. The number of fused-ring (bicyclic) bond motifs is 3. The van der Waals surface area contributed by atoms with Crippen molar-refractivity contribution in [3.05, 3.63) is 48.2 Å². The van der Waals surface area contributed by atoms with E-state index >= 15 is 0 Å². The number of benzene rings is 2. The molecule has 0 fully saturated rings. The second-order valence-electron chi connectivity index (χ2n) is 8.53. The van der Waals surface area contributed by atoms with Gasteiger partial charge in [-0.05, 0) is 56.9 Å². The molecular formula is C28H37ClN4O3. The molecule has 8 heteroatoms. The van der Waals surface area contributed by atoms with E-state index in [2.05, 4.69) is 53.3 Å². The predicted molar refractivity (Wildman–Crippen MR) is 150 cm³/mol. The maximum Gasteiger partial charge on any atom is 0.203 e. The molecule has 0 unspecified atom stereocenters. The van der Waals surface area contributed by atoms with E-state index < -0.39 is 0 Å². The molecule has 2 heterocycles. The highest BCUT2D eigenvalue weighted by atomic mass is 35.5. The van der Waals surface area contributed by atoms with Crippen LogP contribution in [0.2, 0.25) is 0 Å². The van der Waals surface area contributed by atoms with Gasteiger partial charge in [0.05, 0.1) is 38.2 Å². The number of hydrogen-bond acceptors (Lipinski definition) is 6. The number of para-hydroxylation sites is 1. The average Bonchev–Trinajstić information content (AvgIpc) is 3.28. The van der Waals surface area contributed by atoms with Gasteiger partial charge in [-0.2, -0.15) is 0 Å². The Balaban J connectivity index is 0.00000361. The number of halogens is 1. The maximum absolute atomic E-state index is 5.61. The van der Waals surface area contributed by atoms with E-state index in [-0.39, 0.29) is 12.4 Å². The van der Waals surface area contributed by atoms with Gasteiger partial charge < -0.3 is 29.4 Å². The van der Waals surface area contributed by atoms with Crippen molar-refractivity contribution < 1.29 is 14.2 Å². The molecule has 0 saturated carbocycles. The smallest absolute Gasteiger partial charge is 0.203 e. The number of ether oxygens (including phenoxy) is 3. The number of aromatic nitrogens is 2. The number of H-pyrrole nitrogens is 1. The SMILES string of the molecule is CCN(CC)CCCNCc1cc2c([nH]c3ccccc32)c(-c2cc(OC)c(OC)c(OC)c2)n1.Cl. The quantitative estimate of drug-likeness (QED) is 0.239. The van der Waals surface area contributed by atoms with Crippen molar-refractivity contribution in [3.63, 3.8) is 0 Å². The topological polar surface area (TPSA) is 71.6 Å². The van der Waals surface area contributed by atoms with Crippen LogP contribution in [0.4, 0.5) is 0 Å². The molecule has 0 spiro atoms. The van der Waals surface area contributed by atoms with Gasteiger partial charge in [0.25, 0.3) is 0 Å². The molecule has 36 heavy (non-hydrogen) atoms. The first-order valence-corrected chi connectivity index (χ1v) is 12.3. The molecule has 0 aliphatic carbocycles. The first-order chi connectivity index (χ1) is 17.1. The van der Waals surface area contributed by atoms with E-state index in [0.29, 0.717) is 23.8 Å². The van der Waals surface area contributed by atoms with Gasteiger partial charge in [-0.1, -0.05) is 32.0 Å². The van der Waals surface area contributed by atoms with Gasteiger partial charge in [-0.15, -0.1) is 12.4 Å². The predicted octanol–water partition coefficient (Wildman–Crippen LogP) is 5.65. The van der Waals surface area contributed by atoms with E-state index in [9.17, 15) is 0 Å². The van der Waals surface area contributed by atoms with Gasteiger partial charge >= 0.3 is 0 Å². The van der Waals surface area contributed by atoms with Crippen molar-refractivity contribution in [3.8, 4) is 28.5 Å². The average molecular weight is 513 g/mol. The molecule has 0 atom stereocenters. The van der Waals surface area contributed by atoms with Crippen molar-refractivity contribution in [2.75, 3.05) is 47.5 Å². The van der Waals surface area contributed by atoms with Gasteiger partial charge in [0, 0.05) is 28.4 Å². The van der Waals surface area contributed by atoms with Gasteiger partial charge in [-0.3, -0.25) is 0 Å². The van der Waals surface area contributed by atoms with Crippen LogP contribution in [0, 0.1) is 0 Å². The third-order valence-corrected chi connectivity index (χ3v) is 6.52. The van der Waals surface area contributed by atoms with Crippen LogP contribution in [0.1, 0.15) is 26.0 Å². The molecule has 0 aliphatic rings. The van der Waals surface area contributed by atoms with Gasteiger partial charge in [0.15, 0.2) is 11.5 Å². The van der Waals surface area contributed by atoms with Crippen LogP contribution in [-0.2, 0) is 6.54 Å². The molecule has 2 N–H and O–H groups in total. The third kappa shape index (κ3) is 5.69. The molecule has 0 saturated heterocycles. The lowest BCUT2D eigenvalue weighted by atomic mass is 10.1. The van der Waals surface area contributed by atoms with E-state index in [1.807, 2.05) is 18.2 Å². The molecule has 2 aromatic heterocycles. The minimum atomic E-state index is 0. The highest BCUT2D eigenvalue weighted by Crippen LogP contribution is 2.42. The summed E-state index contributed by atoms with van der Waals surface area (Å²) in [6.07, 6.45) is 1.11. The third-order valence-electron chi connectivity index (χ3n) is 6.52. The first kappa shape index (κ1) is 27.6. The zero-order chi connectivity index (χ0) is 24.8. The zero-order valence-electron chi connectivity index (χ0n) is 21.8. The summed E-state index contributed by atoms with van der Waals surface area (Å²) < 4.78 is 16.8. The number of nitrogens with one attached hydrogen (secondary N) is 2. The molecule has 0 radical (unpaired) electrons. The van der Waals surface area contributed by atoms with Crippen molar-refractivity contribution in [1.82, 2.24) is 20.2 Å². The van der Waals surface area contributed by atoms with Crippen molar-refractivity contribution in [2.45, 2.75) is 26.8 Å². The van der Waals surface area contributed by atoms with E-state index in [1.165, 1.54) is 5.39 Å². The molecule has 4 rings (SSSR count). The van der Waals surface area contributed by atoms with Crippen molar-refractivity contribution in [2.24, 2.45) is 0 Å². The number of methoxy groups -OCH3 is 3. The fourth-order valence-corrected chi connectivity index (χ4v) is 4.60. The minimum absolute atomic E-state index is 0. The number of rotatable bonds is 12. The minimum Gasteiger partial charge on any atom is -0.493 e. The lowest BCUT2D eigenvalue weighted by Crippen LogP contribution is -2.27. The number of aromatic amines is 1. The van der Waals surface area contributed by atoms with Crippen LogP contribution in [0.25, 0.3) is 33.1 Å². The Kier molecular flexibility index (Phi) is 9.81. The van der Waals surface area contributed by atoms with Crippen LogP contribution < -0.4 is 19.5 Å². The van der Waals surface area contributed by atoms with Gasteiger partial charge in [0.1, 0.15) is 0 Å². The summed E-state index contributed by atoms with van der Waals surface area (Å²) in [7, 11) is 4.87. The fourth-order valence-electron chi connectivity index (χ4n) is 4.60. The summed E-state index contributed by atoms with van der Waals surface area (Å²) in [6, 6.07) is 14.5. The Labute approximate surface area is 219 Å². The molecule has 0 amide bonds. The number of hydrogen-bond donors (Lipinski definition) is 2. The van der Waals surface area contributed by atoms with E-state index in [0.717, 1.165) is 66.0 Å². The standard InChI is InChI=1S/C28H36N4O3.ClH/c1-6-32(7-2)14-10-13-29-18-20-17-22-21-11-8-9-12-23(21)31-27(22)26(30-20)19-15-24(33-3)28(35-5)25(16-19)34-4;/h8-9,11-12,15-17,29,31H,6-7,10,13-14,18H2,1-5H3;1H. The Morgan fingerprint density at radius 3 is 2.25 bits per heavy atom. The lowest BCUT2D eigenvalue weighted by Gasteiger charge is -2.17. The number of pyridine rings is 1. The molecule has 194 valence electrons. The van der Waals surface area contributed by atoms with E-state index in [1.54, 1.807) is 21.3 Å². The molecule has 2 aromatic carbocycles. The van der Waals surface area contributed by atoms with E-state index in [4.69, 9.17) is 19.2 Å². The van der Waals surface area contributed by atoms with Crippen LogP contribution >= 0.6 is 12.4 Å². The van der Waals surface area contributed by atoms with Crippen molar-refractivity contribution in [1.29, 1.82) is 0 Å². The first-order valence-electron chi connectivity index (χ1n) is 12.3. The maximum atomic E-state index is 5.61. The molecule has 7 nitrogen and oxygen atoms in total. The van der Waals surface area contributed by atoms with Crippen LogP contribution in [0.15, 0.2) is 42.5 Å². The van der Waals surface area contributed by atoms with Crippen LogP contribution in [-0.4, -0.2) is 62.4 Å². The highest BCUT2D eigenvalue weighted by Gasteiger charge is 2.19. The summed E-state index contributed by atoms with van der Waals surface area (Å²) >= 11 is 0. The highest BCUT2D eigenvalue weighted by molar-refractivity contribution is 6.11. The monoisotopic (exact) mass is 512 g/mol. The molecule has 0 aliphatic heterocycles. The second kappa shape index (κ2) is 12.8. The Morgan fingerprint density at radius 1 is 0.917 bits per heavy atom. The summed E-state index contributed by atoms with van der Waals surface area (Å²) in [6.45, 7) is 9.35. The zero-order valence-corrected chi connectivity index (χ0v) is 22.6. The van der Waals surface area contributed by atoms with Crippen molar-refractivity contribution >= 4 is 34.2 Å². The summed E-state index contributed by atoms with van der Waals surface area (Å²) in [4.78, 5) is 11.1. The Hall–Kier alpha value is -3.00. The Morgan fingerprint density at radius 2 is 1.61 bits per heavy atom. The van der Waals surface area contributed by atoms with Crippen LogP contribution in [0.3, 0.4) is 0 Å². The van der Waals surface area contributed by atoms with Crippen LogP contribution in [0.5, 0.6) is 17.2 Å². The molecule has 4 aromatic rings.